The molecule has 3 N–H and O–H groups in total. The van der Waals surface area contributed by atoms with Crippen LogP contribution in [0.25, 0.3) is 0 Å². The first-order chi connectivity index (χ1) is 17.6. The Balaban J connectivity index is 0.00000400. The van der Waals surface area contributed by atoms with Gasteiger partial charge in [-0.15, -0.1) is 23.7 Å². The lowest BCUT2D eigenvalue weighted by Crippen LogP contribution is -2.56. The lowest BCUT2D eigenvalue weighted by molar-refractivity contribution is -0.134. The maximum absolute atomic E-state index is 13.2. The SMILES string of the molecule is CN1CCc2nc(C(=O)N[C@@H]3C[C@@H](C(=O)N(C)C)CC[C@@H]3NC(=S)C(=O)Nc3ccc(F)cc3)sc2C1.Cl. The highest BCUT2D eigenvalue weighted by atomic mass is 35.5. The third kappa shape index (κ3) is 7.25. The van der Waals surface area contributed by atoms with Crippen molar-refractivity contribution in [3.05, 3.63) is 45.7 Å². The molecule has 9 nitrogen and oxygen atoms in total. The molecule has 0 radical (unpaired) electrons. The molecule has 4 rings (SSSR count). The van der Waals surface area contributed by atoms with Crippen molar-refractivity contribution in [1.29, 1.82) is 0 Å². The van der Waals surface area contributed by atoms with Gasteiger partial charge in [-0.25, -0.2) is 9.37 Å². The smallest absolute Gasteiger partial charge is 0.283 e. The van der Waals surface area contributed by atoms with Crippen LogP contribution in [0, 0.1) is 11.7 Å². The Hall–Kier alpha value is -2.67. The van der Waals surface area contributed by atoms with Gasteiger partial charge in [0.25, 0.3) is 11.8 Å². The van der Waals surface area contributed by atoms with Gasteiger partial charge in [0.2, 0.25) is 5.91 Å². The van der Waals surface area contributed by atoms with Crippen LogP contribution in [0.2, 0.25) is 0 Å². The topological polar surface area (TPSA) is 107 Å². The van der Waals surface area contributed by atoms with Crippen molar-refractivity contribution >= 4 is 64.4 Å². The Kier molecular flexibility index (Phi) is 10.2. The average Bonchev–Trinajstić information content (AvgIpc) is 3.29. The average molecular weight is 583 g/mol. The van der Waals surface area contributed by atoms with E-state index >= 15 is 0 Å². The predicted molar refractivity (Wildman–Crippen MR) is 151 cm³/mol. The van der Waals surface area contributed by atoms with Crippen LogP contribution in [-0.4, -0.2) is 77.3 Å². The van der Waals surface area contributed by atoms with Crippen LogP contribution in [0.5, 0.6) is 0 Å². The molecule has 1 aromatic carbocycles. The number of rotatable bonds is 5. The Morgan fingerprint density at radius 1 is 1.13 bits per heavy atom. The first-order valence-electron chi connectivity index (χ1n) is 12.2. The molecule has 0 bridgehead atoms. The first kappa shape index (κ1) is 29.9. The summed E-state index contributed by atoms with van der Waals surface area (Å²) in [7, 11) is 5.47. The molecule has 0 saturated heterocycles. The number of thiocarbonyl (C=S) groups is 1. The lowest BCUT2D eigenvalue weighted by atomic mass is 9.81. The van der Waals surface area contributed by atoms with Gasteiger partial charge in [0.1, 0.15) is 5.82 Å². The van der Waals surface area contributed by atoms with E-state index in [2.05, 4.69) is 25.8 Å². The number of thiazole rings is 1. The number of anilines is 1. The zero-order valence-corrected chi connectivity index (χ0v) is 23.9. The highest BCUT2D eigenvalue weighted by Crippen LogP contribution is 2.28. The van der Waals surface area contributed by atoms with Gasteiger partial charge in [-0.1, -0.05) is 12.2 Å². The van der Waals surface area contributed by atoms with Crippen LogP contribution in [0.4, 0.5) is 10.1 Å². The largest absolute Gasteiger partial charge is 0.367 e. The second-order valence-corrected chi connectivity index (χ2v) is 11.2. The molecule has 3 amide bonds. The number of nitrogens with one attached hydrogen (secondary N) is 3. The van der Waals surface area contributed by atoms with E-state index in [-0.39, 0.29) is 41.2 Å². The maximum Gasteiger partial charge on any atom is 0.283 e. The van der Waals surface area contributed by atoms with E-state index in [0.29, 0.717) is 30.0 Å². The van der Waals surface area contributed by atoms with Crippen LogP contribution < -0.4 is 16.0 Å². The van der Waals surface area contributed by atoms with E-state index < -0.39 is 17.8 Å². The third-order valence-electron chi connectivity index (χ3n) is 6.70. The molecule has 2 aromatic rings. The fourth-order valence-corrected chi connectivity index (χ4v) is 5.99. The molecular weight excluding hydrogens is 551 g/mol. The van der Waals surface area contributed by atoms with E-state index in [9.17, 15) is 18.8 Å². The molecule has 0 spiro atoms. The molecule has 1 aromatic heterocycles. The van der Waals surface area contributed by atoms with Crippen LogP contribution in [0.1, 0.15) is 39.6 Å². The fraction of sp³-hybridized carbons (Fsp3) is 0.480. The molecule has 38 heavy (non-hydrogen) atoms. The number of hydrogen-bond acceptors (Lipinski definition) is 7. The number of carbonyl (C=O) groups is 3. The summed E-state index contributed by atoms with van der Waals surface area (Å²) in [6.07, 6.45) is 2.36. The van der Waals surface area contributed by atoms with E-state index in [1.807, 2.05) is 7.05 Å². The van der Waals surface area contributed by atoms with Crippen LogP contribution in [0.3, 0.4) is 0 Å². The van der Waals surface area contributed by atoms with Gasteiger partial charge in [0, 0.05) is 56.1 Å². The Morgan fingerprint density at radius 3 is 2.53 bits per heavy atom. The normalized spacial score (nSPS) is 20.9. The van der Waals surface area contributed by atoms with Crippen molar-refractivity contribution in [2.45, 2.75) is 44.3 Å². The highest BCUT2D eigenvalue weighted by Gasteiger charge is 2.37. The summed E-state index contributed by atoms with van der Waals surface area (Å²) in [6.45, 7) is 1.67. The Labute approximate surface area is 237 Å². The Morgan fingerprint density at radius 2 is 1.84 bits per heavy atom. The van der Waals surface area contributed by atoms with Crippen molar-refractivity contribution in [1.82, 2.24) is 25.4 Å². The number of nitrogens with zero attached hydrogens (tertiary/aromatic N) is 3. The fourth-order valence-electron chi connectivity index (χ4n) is 4.70. The van der Waals surface area contributed by atoms with Crippen LogP contribution >= 0.6 is 36.0 Å². The molecule has 1 fully saturated rings. The van der Waals surface area contributed by atoms with Crippen LogP contribution in [0.15, 0.2) is 24.3 Å². The molecule has 13 heteroatoms. The molecule has 1 aliphatic heterocycles. The zero-order valence-electron chi connectivity index (χ0n) is 21.5. The number of aromatic nitrogens is 1. The molecule has 2 aliphatic rings. The lowest BCUT2D eigenvalue weighted by Gasteiger charge is -2.37. The van der Waals surface area contributed by atoms with E-state index in [4.69, 9.17) is 12.2 Å². The van der Waals surface area contributed by atoms with Crippen LogP contribution in [-0.2, 0) is 22.6 Å². The van der Waals surface area contributed by atoms with Gasteiger partial charge in [0.15, 0.2) is 10.00 Å². The van der Waals surface area contributed by atoms with Gasteiger partial charge in [0.05, 0.1) is 11.7 Å². The molecule has 206 valence electrons. The molecule has 1 aliphatic carbocycles. The van der Waals surface area contributed by atoms with E-state index in [1.165, 1.54) is 35.6 Å². The number of hydrogen-bond donors (Lipinski definition) is 3. The van der Waals surface area contributed by atoms with Gasteiger partial charge in [-0.3, -0.25) is 14.4 Å². The minimum Gasteiger partial charge on any atom is -0.367 e. The summed E-state index contributed by atoms with van der Waals surface area (Å²) in [5.74, 6) is -1.48. The summed E-state index contributed by atoms with van der Waals surface area (Å²) >= 11 is 6.73. The van der Waals surface area contributed by atoms with E-state index in [0.717, 1.165) is 30.1 Å². The van der Waals surface area contributed by atoms with Gasteiger partial charge < -0.3 is 25.8 Å². The van der Waals surface area contributed by atoms with Gasteiger partial charge in [-0.2, -0.15) is 0 Å². The summed E-state index contributed by atoms with van der Waals surface area (Å²) in [5, 5.41) is 9.18. The summed E-state index contributed by atoms with van der Waals surface area (Å²) in [4.78, 5) is 47.9. The Bertz CT molecular complexity index is 1190. The van der Waals surface area contributed by atoms with Gasteiger partial charge in [-0.05, 0) is 50.6 Å². The van der Waals surface area contributed by atoms with Crippen molar-refractivity contribution in [3.63, 3.8) is 0 Å². The second kappa shape index (κ2) is 12.9. The quantitative estimate of drug-likeness (QED) is 0.465. The summed E-state index contributed by atoms with van der Waals surface area (Å²) < 4.78 is 13.2. The van der Waals surface area contributed by atoms with Crippen molar-refractivity contribution in [2.24, 2.45) is 5.92 Å². The predicted octanol–water partition coefficient (Wildman–Crippen LogP) is 2.60. The van der Waals surface area contributed by atoms with Crippen molar-refractivity contribution < 1.29 is 18.8 Å². The number of likely N-dealkylation sites (N-methyl/N-ethyl adjacent to an activating group) is 1. The number of amides is 3. The summed E-state index contributed by atoms with van der Waals surface area (Å²) in [6, 6.07) is 4.60. The van der Waals surface area contributed by atoms with Crippen molar-refractivity contribution in [2.75, 3.05) is 33.0 Å². The number of benzene rings is 1. The molecule has 2 heterocycles. The van der Waals surface area contributed by atoms with Gasteiger partial charge >= 0.3 is 0 Å². The highest BCUT2D eigenvalue weighted by molar-refractivity contribution is 7.82. The van der Waals surface area contributed by atoms with Crippen molar-refractivity contribution in [3.8, 4) is 0 Å². The maximum atomic E-state index is 13.2. The van der Waals surface area contributed by atoms with E-state index in [1.54, 1.807) is 19.0 Å². The minimum atomic E-state index is -0.533. The second-order valence-electron chi connectivity index (χ2n) is 9.74. The number of carbonyl (C=O) groups excluding carboxylic acids is 3. The number of halogens is 2. The standard InChI is InChI=1S/C25H31FN6O3S2.ClH/c1-31(2)25(35)14-4-9-17(29-23(36)21(33)27-16-7-5-15(26)6-8-16)19(12-14)28-22(34)24-30-18-10-11-32(3)13-20(18)37-24;/h5-8,14,17,19H,4,9-13H2,1-3H3,(H,27,33)(H,28,34)(H,29,36);1H/t14-,17-,19+;/m0./s1. The minimum absolute atomic E-state index is 0. The number of fused-ring (bicyclic) bond motifs is 1. The third-order valence-corrected chi connectivity index (χ3v) is 8.08. The molecule has 3 atom stereocenters. The zero-order chi connectivity index (χ0) is 26.7. The first-order valence-corrected chi connectivity index (χ1v) is 13.4. The monoisotopic (exact) mass is 582 g/mol. The molecule has 0 unspecified atom stereocenters. The molecular formula is C25H32ClFN6O3S2. The summed E-state index contributed by atoms with van der Waals surface area (Å²) in [5.41, 5.74) is 1.38. The molecule has 1 saturated carbocycles.